The highest BCUT2D eigenvalue weighted by Crippen LogP contribution is 2.28. The van der Waals surface area contributed by atoms with E-state index in [2.05, 4.69) is 11.9 Å². The molecule has 0 fully saturated rings. The van der Waals surface area contributed by atoms with Crippen molar-refractivity contribution in [2.45, 2.75) is 26.9 Å². The minimum absolute atomic E-state index is 0.564. The number of rotatable bonds is 3. The Hall–Kier alpha value is -1.61. The number of methoxy groups -OCH3 is 1. The van der Waals surface area contributed by atoms with Gasteiger partial charge < -0.3 is 10.5 Å². The van der Waals surface area contributed by atoms with Crippen molar-refractivity contribution in [1.82, 2.24) is 4.98 Å². The summed E-state index contributed by atoms with van der Waals surface area (Å²) >= 11 is 0. The highest BCUT2D eigenvalue weighted by molar-refractivity contribution is 5.94. The minimum atomic E-state index is 0.564. The Morgan fingerprint density at radius 3 is 2.76 bits per heavy atom. The number of hydrogen-bond acceptors (Lipinski definition) is 3. The van der Waals surface area contributed by atoms with E-state index in [1.807, 2.05) is 25.1 Å². The largest absolute Gasteiger partial charge is 0.398 e. The second-order valence-electron chi connectivity index (χ2n) is 4.19. The number of nitrogen functional groups attached to an aromatic ring is 1. The van der Waals surface area contributed by atoms with Crippen LogP contribution >= 0.6 is 0 Å². The Morgan fingerprint density at radius 2 is 2.12 bits per heavy atom. The number of aryl methyl sites for hydroxylation is 1. The monoisotopic (exact) mass is 230 g/mol. The molecule has 90 valence electrons. The summed E-state index contributed by atoms with van der Waals surface area (Å²) in [6, 6.07) is 6.06. The smallest absolute Gasteiger partial charge is 0.0781 e. The van der Waals surface area contributed by atoms with Gasteiger partial charge in [0.25, 0.3) is 0 Å². The van der Waals surface area contributed by atoms with Crippen LogP contribution in [-0.2, 0) is 17.8 Å². The number of fused-ring (bicyclic) bond motifs is 1. The molecular weight excluding hydrogens is 212 g/mol. The van der Waals surface area contributed by atoms with Crippen LogP contribution in [-0.4, -0.2) is 12.1 Å². The van der Waals surface area contributed by atoms with Crippen LogP contribution in [0.3, 0.4) is 0 Å². The average Bonchev–Trinajstić information content (AvgIpc) is 2.31. The highest BCUT2D eigenvalue weighted by Gasteiger charge is 2.10. The Bertz CT molecular complexity index is 549. The summed E-state index contributed by atoms with van der Waals surface area (Å²) in [7, 11) is 1.69. The molecule has 1 heterocycles. The summed E-state index contributed by atoms with van der Waals surface area (Å²) in [6.45, 7) is 4.68. The first-order valence-electron chi connectivity index (χ1n) is 5.84. The van der Waals surface area contributed by atoms with E-state index in [0.717, 1.165) is 39.8 Å². The standard InChI is InChI=1S/C14H18N2O/c1-4-11-9(2)16-14-10(8-17-3)6-5-7-12(14)13(11)15/h5-7H,4,8H2,1-3H3,(H2,15,16). The predicted octanol–water partition coefficient (Wildman–Crippen LogP) is 2.83. The summed E-state index contributed by atoms with van der Waals surface area (Å²) < 4.78 is 5.19. The molecule has 0 saturated carbocycles. The average molecular weight is 230 g/mol. The second kappa shape index (κ2) is 4.72. The van der Waals surface area contributed by atoms with E-state index in [0.29, 0.717) is 6.61 Å². The molecule has 17 heavy (non-hydrogen) atoms. The van der Waals surface area contributed by atoms with Crippen LogP contribution in [0.2, 0.25) is 0 Å². The van der Waals surface area contributed by atoms with E-state index >= 15 is 0 Å². The number of anilines is 1. The molecule has 0 amide bonds. The third kappa shape index (κ3) is 1.98. The van der Waals surface area contributed by atoms with Crippen LogP contribution in [0.4, 0.5) is 5.69 Å². The van der Waals surface area contributed by atoms with Crippen molar-refractivity contribution in [1.29, 1.82) is 0 Å². The van der Waals surface area contributed by atoms with E-state index in [9.17, 15) is 0 Å². The van der Waals surface area contributed by atoms with Gasteiger partial charge in [-0.1, -0.05) is 25.1 Å². The molecule has 2 rings (SSSR count). The van der Waals surface area contributed by atoms with Gasteiger partial charge in [0, 0.05) is 29.4 Å². The summed E-state index contributed by atoms with van der Waals surface area (Å²) in [5.74, 6) is 0. The fourth-order valence-corrected chi connectivity index (χ4v) is 2.25. The first-order valence-corrected chi connectivity index (χ1v) is 5.84. The fraction of sp³-hybridized carbons (Fsp3) is 0.357. The SMILES string of the molecule is CCc1c(C)nc2c(COC)cccc2c1N. The molecule has 1 aromatic heterocycles. The molecule has 0 atom stereocenters. The lowest BCUT2D eigenvalue weighted by Crippen LogP contribution is -2.02. The maximum absolute atomic E-state index is 6.21. The van der Waals surface area contributed by atoms with Gasteiger partial charge in [-0.15, -0.1) is 0 Å². The number of hydrogen-bond donors (Lipinski definition) is 1. The molecule has 0 saturated heterocycles. The number of nitrogens with two attached hydrogens (primary N) is 1. The topological polar surface area (TPSA) is 48.1 Å². The summed E-state index contributed by atoms with van der Waals surface area (Å²) in [6.07, 6.45) is 0.912. The van der Waals surface area contributed by atoms with Crippen molar-refractivity contribution in [3.8, 4) is 0 Å². The summed E-state index contributed by atoms with van der Waals surface area (Å²) in [5, 5.41) is 1.03. The lowest BCUT2D eigenvalue weighted by molar-refractivity contribution is 0.186. The molecule has 0 bridgehead atoms. The molecule has 0 aliphatic heterocycles. The quantitative estimate of drug-likeness (QED) is 0.882. The molecule has 3 nitrogen and oxygen atoms in total. The number of para-hydroxylation sites is 1. The number of aromatic nitrogens is 1. The van der Waals surface area contributed by atoms with Crippen LogP contribution in [0.25, 0.3) is 10.9 Å². The minimum Gasteiger partial charge on any atom is -0.398 e. The maximum Gasteiger partial charge on any atom is 0.0781 e. The van der Waals surface area contributed by atoms with Gasteiger partial charge in [-0.25, -0.2) is 0 Å². The number of ether oxygens (including phenoxy) is 1. The van der Waals surface area contributed by atoms with Crippen molar-refractivity contribution in [2.75, 3.05) is 12.8 Å². The van der Waals surface area contributed by atoms with Gasteiger partial charge in [0.1, 0.15) is 0 Å². The lowest BCUT2D eigenvalue weighted by Gasteiger charge is -2.12. The molecule has 0 unspecified atom stereocenters. The zero-order valence-electron chi connectivity index (χ0n) is 10.6. The molecular formula is C14H18N2O. The Labute approximate surface area is 102 Å². The molecule has 0 radical (unpaired) electrons. The van der Waals surface area contributed by atoms with Gasteiger partial charge >= 0.3 is 0 Å². The normalized spacial score (nSPS) is 11.0. The van der Waals surface area contributed by atoms with Crippen molar-refractivity contribution in [3.63, 3.8) is 0 Å². The fourth-order valence-electron chi connectivity index (χ4n) is 2.25. The first-order chi connectivity index (χ1) is 8.19. The van der Waals surface area contributed by atoms with E-state index in [-0.39, 0.29) is 0 Å². The number of pyridine rings is 1. The van der Waals surface area contributed by atoms with Gasteiger partial charge in [-0.3, -0.25) is 4.98 Å². The van der Waals surface area contributed by atoms with Gasteiger partial charge in [0.2, 0.25) is 0 Å². The first kappa shape index (κ1) is 11.9. The van der Waals surface area contributed by atoms with Crippen LogP contribution in [0.5, 0.6) is 0 Å². The molecule has 3 heteroatoms. The van der Waals surface area contributed by atoms with E-state index in [1.165, 1.54) is 0 Å². The Kier molecular flexibility index (Phi) is 3.29. The van der Waals surface area contributed by atoms with Crippen LogP contribution in [0, 0.1) is 6.92 Å². The molecule has 2 N–H and O–H groups in total. The molecule has 0 aliphatic carbocycles. The summed E-state index contributed by atoms with van der Waals surface area (Å²) in [5.41, 5.74) is 11.3. The predicted molar refractivity (Wildman–Crippen MR) is 71.0 cm³/mol. The Morgan fingerprint density at radius 1 is 1.35 bits per heavy atom. The van der Waals surface area contributed by atoms with Crippen molar-refractivity contribution in [2.24, 2.45) is 0 Å². The second-order valence-corrected chi connectivity index (χ2v) is 4.19. The number of benzene rings is 1. The zero-order valence-corrected chi connectivity index (χ0v) is 10.6. The van der Waals surface area contributed by atoms with Gasteiger partial charge in [0.15, 0.2) is 0 Å². The van der Waals surface area contributed by atoms with E-state index < -0.39 is 0 Å². The Balaban J connectivity index is 2.76. The van der Waals surface area contributed by atoms with Crippen molar-refractivity contribution in [3.05, 3.63) is 35.0 Å². The molecule has 2 aromatic rings. The third-order valence-corrected chi connectivity index (χ3v) is 3.10. The van der Waals surface area contributed by atoms with Crippen LogP contribution in [0.1, 0.15) is 23.7 Å². The van der Waals surface area contributed by atoms with Crippen LogP contribution < -0.4 is 5.73 Å². The number of nitrogens with zero attached hydrogens (tertiary/aromatic N) is 1. The van der Waals surface area contributed by atoms with Gasteiger partial charge in [-0.05, 0) is 18.9 Å². The zero-order chi connectivity index (χ0) is 12.4. The van der Waals surface area contributed by atoms with Crippen molar-refractivity contribution >= 4 is 16.6 Å². The van der Waals surface area contributed by atoms with Gasteiger partial charge in [0.05, 0.1) is 12.1 Å². The lowest BCUT2D eigenvalue weighted by atomic mass is 10.0. The molecule has 1 aromatic carbocycles. The van der Waals surface area contributed by atoms with E-state index in [1.54, 1.807) is 7.11 Å². The van der Waals surface area contributed by atoms with Gasteiger partial charge in [-0.2, -0.15) is 0 Å². The summed E-state index contributed by atoms with van der Waals surface area (Å²) in [4.78, 5) is 4.67. The van der Waals surface area contributed by atoms with E-state index in [4.69, 9.17) is 10.5 Å². The maximum atomic E-state index is 6.21. The third-order valence-electron chi connectivity index (χ3n) is 3.10. The van der Waals surface area contributed by atoms with Crippen molar-refractivity contribution < 1.29 is 4.74 Å². The molecule has 0 spiro atoms. The highest BCUT2D eigenvalue weighted by atomic mass is 16.5. The van der Waals surface area contributed by atoms with Crippen LogP contribution in [0.15, 0.2) is 18.2 Å². The molecule has 0 aliphatic rings.